The number of aromatic nitrogens is 1. The molecule has 6 heteroatoms. The van der Waals surface area contributed by atoms with Gasteiger partial charge in [0.15, 0.2) is 5.82 Å². The van der Waals surface area contributed by atoms with E-state index in [0.29, 0.717) is 18.1 Å². The first kappa shape index (κ1) is 19.6. The first-order chi connectivity index (χ1) is 13.5. The van der Waals surface area contributed by atoms with E-state index in [9.17, 15) is 4.79 Å². The van der Waals surface area contributed by atoms with Gasteiger partial charge in [-0.15, -0.1) is 0 Å². The van der Waals surface area contributed by atoms with E-state index in [4.69, 9.17) is 9.26 Å². The fourth-order valence-corrected chi connectivity index (χ4v) is 3.25. The largest absolute Gasteiger partial charge is 0.496 e. The van der Waals surface area contributed by atoms with Crippen LogP contribution in [0.15, 0.2) is 59.1 Å². The van der Waals surface area contributed by atoms with Crippen LogP contribution in [0.2, 0.25) is 0 Å². The van der Waals surface area contributed by atoms with Crippen molar-refractivity contribution in [2.45, 2.75) is 26.4 Å². The molecule has 0 aliphatic carbocycles. The highest BCUT2D eigenvalue weighted by Crippen LogP contribution is 2.27. The molecule has 0 saturated carbocycles. The molecule has 0 spiro atoms. The number of rotatable bonds is 7. The number of likely N-dealkylation sites (N-methyl/N-ethyl adjacent to an activating group) is 1. The Kier molecular flexibility index (Phi) is 6.11. The molecule has 1 aromatic heterocycles. The Balaban J connectivity index is 1.88. The van der Waals surface area contributed by atoms with Crippen molar-refractivity contribution in [1.82, 2.24) is 10.1 Å². The molecular weight excluding hydrogens is 354 g/mol. The minimum atomic E-state index is -0.497. The Bertz CT molecular complexity index is 937. The molecule has 0 aliphatic heterocycles. The van der Waals surface area contributed by atoms with Gasteiger partial charge in [0.05, 0.1) is 7.11 Å². The van der Waals surface area contributed by atoms with Crippen molar-refractivity contribution in [1.29, 1.82) is 0 Å². The number of anilines is 1. The lowest BCUT2D eigenvalue weighted by atomic mass is 10.0. The molecule has 0 radical (unpaired) electrons. The summed E-state index contributed by atoms with van der Waals surface area (Å²) < 4.78 is 10.6. The highest BCUT2D eigenvalue weighted by atomic mass is 16.5. The molecule has 0 bridgehead atoms. The molecule has 2 aromatic carbocycles. The van der Waals surface area contributed by atoms with E-state index in [1.165, 1.54) is 0 Å². The van der Waals surface area contributed by atoms with E-state index in [1.54, 1.807) is 20.1 Å². The third kappa shape index (κ3) is 4.58. The quantitative estimate of drug-likeness (QED) is 0.669. The second-order valence-electron chi connectivity index (χ2n) is 6.86. The predicted molar refractivity (Wildman–Crippen MR) is 108 cm³/mol. The van der Waals surface area contributed by atoms with Crippen LogP contribution in [-0.2, 0) is 11.3 Å². The number of benzene rings is 2. The lowest BCUT2D eigenvalue weighted by Crippen LogP contribution is -2.34. The normalized spacial score (nSPS) is 12.0. The fourth-order valence-electron chi connectivity index (χ4n) is 3.25. The van der Waals surface area contributed by atoms with Crippen molar-refractivity contribution in [3.8, 4) is 5.75 Å². The fraction of sp³-hybridized carbons (Fsp3) is 0.273. The van der Waals surface area contributed by atoms with Crippen molar-refractivity contribution in [2.24, 2.45) is 0 Å². The van der Waals surface area contributed by atoms with Crippen LogP contribution < -0.4 is 10.1 Å². The molecule has 0 saturated heterocycles. The van der Waals surface area contributed by atoms with Crippen LogP contribution in [0.4, 0.5) is 5.82 Å². The van der Waals surface area contributed by atoms with Gasteiger partial charge in [0, 0.05) is 18.2 Å². The number of nitrogens with zero attached hydrogens (tertiary/aromatic N) is 2. The number of aryl methyl sites for hydroxylation is 2. The summed E-state index contributed by atoms with van der Waals surface area (Å²) in [5.74, 6) is 1.68. The summed E-state index contributed by atoms with van der Waals surface area (Å²) in [4.78, 5) is 15.1. The van der Waals surface area contributed by atoms with Gasteiger partial charge in [0.25, 0.3) is 0 Å². The van der Waals surface area contributed by atoms with Crippen LogP contribution in [0.5, 0.6) is 5.75 Å². The minimum absolute atomic E-state index is 0.173. The molecule has 146 valence electrons. The second-order valence-corrected chi connectivity index (χ2v) is 6.86. The Morgan fingerprint density at radius 2 is 1.93 bits per heavy atom. The molecule has 1 N–H and O–H groups in total. The van der Waals surface area contributed by atoms with Crippen LogP contribution >= 0.6 is 0 Å². The van der Waals surface area contributed by atoms with E-state index >= 15 is 0 Å². The average Bonchev–Trinajstić information content (AvgIpc) is 3.07. The molecule has 0 aliphatic rings. The zero-order valence-electron chi connectivity index (χ0n) is 16.6. The molecule has 1 heterocycles. The van der Waals surface area contributed by atoms with Gasteiger partial charge in [0.2, 0.25) is 5.91 Å². The zero-order valence-corrected chi connectivity index (χ0v) is 16.6. The van der Waals surface area contributed by atoms with E-state index < -0.39 is 6.04 Å². The highest BCUT2D eigenvalue weighted by molar-refractivity contribution is 5.94. The number of hydrogen-bond acceptors (Lipinski definition) is 5. The summed E-state index contributed by atoms with van der Waals surface area (Å²) in [7, 11) is 3.58. The van der Waals surface area contributed by atoms with Gasteiger partial charge < -0.3 is 14.6 Å². The van der Waals surface area contributed by atoms with Gasteiger partial charge in [-0.1, -0.05) is 53.2 Å². The SMILES string of the molecule is COc1ccc(C)cc1CN(C)C(C(=O)Nc1cc(C)on1)c1ccccc1. The maximum absolute atomic E-state index is 13.1. The first-order valence-electron chi connectivity index (χ1n) is 9.11. The third-order valence-electron chi connectivity index (χ3n) is 4.54. The van der Waals surface area contributed by atoms with Gasteiger partial charge in [0.1, 0.15) is 17.6 Å². The summed E-state index contributed by atoms with van der Waals surface area (Å²) in [6, 6.07) is 16.9. The van der Waals surface area contributed by atoms with Crippen LogP contribution in [0.3, 0.4) is 0 Å². The van der Waals surface area contributed by atoms with E-state index in [-0.39, 0.29) is 5.91 Å². The standard InChI is InChI=1S/C22H25N3O3/c1-15-10-11-19(27-4)18(12-15)14-25(3)21(17-8-6-5-7-9-17)22(26)23-20-13-16(2)28-24-20/h5-13,21H,14H2,1-4H3,(H,23,24,26). The predicted octanol–water partition coefficient (Wildman–Crippen LogP) is 4.11. The summed E-state index contributed by atoms with van der Waals surface area (Å²) in [5, 5.41) is 6.72. The van der Waals surface area contributed by atoms with Gasteiger partial charge >= 0.3 is 0 Å². The Hall–Kier alpha value is -3.12. The molecule has 6 nitrogen and oxygen atoms in total. The lowest BCUT2D eigenvalue weighted by Gasteiger charge is -2.28. The third-order valence-corrected chi connectivity index (χ3v) is 4.54. The topological polar surface area (TPSA) is 67.6 Å². The number of methoxy groups -OCH3 is 1. The van der Waals surface area contributed by atoms with Crippen LogP contribution in [0.1, 0.15) is 28.5 Å². The maximum atomic E-state index is 13.1. The number of ether oxygens (including phenoxy) is 1. The monoisotopic (exact) mass is 379 g/mol. The molecule has 1 amide bonds. The number of hydrogen-bond donors (Lipinski definition) is 1. The molecule has 3 rings (SSSR count). The molecule has 0 fully saturated rings. The Morgan fingerprint density at radius 3 is 2.57 bits per heavy atom. The number of carbonyl (C=O) groups excluding carboxylic acids is 1. The first-order valence-corrected chi connectivity index (χ1v) is 9.11. The van der Waals surface area contributed by atoms with Gasteiger partial charge in [-0.05, 0) is 32.5 Å². The molecule has 1 unspecified atom stereocenters. The molecule has 3 aromatic rings. The van der Waals surface area contributed by atoms with Crippen LogP contribution in [-0.4, -0.2) is 30.1 Å². The number of amides is 1. The number of nitrogens with one attached hydrogen (secondary N) is 1. The van der Waals surface area contributed by atoms with Crippen molar-refractivity contribution >= 4 is 11.7 Å². The van der Waals surface area contributed by atoms with Crippen molar-refractivity contribution in [3.05, 3.63) is 77.0 Å². The Labute approximate surface area is 165 Å². The highest BCUT2D eigenvalue weighted by Gasteiger charge is 2.26. The van der Waals surface area contributed by atoms with E-state index in [0.717, 1.165) is 22.4 Å². The molecule has 1 atom stereocenters. The van der Waals surface area contributed by atoms with Crippen molar-refractivity contribution in [2.75, 3.05) is 19.5 Å². The summed E-state index contributed by atoms with van der Waals surface area (Å²) >= 11 is 0. The van der Waals surface area contributed by atoms with Crippen LogP contribution in [0.25, 0.3) is 0 Å². The molecular formula is C22H25N3O3. The van der Waals surface area contributed by atoms with Gasteiger partial charge in [-0.3, -0.25) is 9.69 Å². The van der Waals surface area contributed by atoms with Gasteiger partial charge in [-0.25, -0.2) is 0 Å². The zero-order chi connectivity index (χ0) is 20.1. The van der Waals surface area contributed by atoms with Gasteiger partial charge in [-0.2, -0.15) is 0 Å². The van der Waals surface area contributed by atoms with E-state index in [2.05, 4.69) is 16.5 Å². The maximum Gasteiger partial charge on any atom is 0.247 e. The van der Waals surface area contributed by atoms with Crippen molar-refractivity contribution in [3.63, 3.8) is 0 Å². The summed E-state index contributed by atoms with van der Waals surface area (Å²) in [6.45, 7) is 4.38. The minimum Gasteiger partial charge on any atom is -0.496 e. The lowest BCUT2D eigenvalue weighted by molar-refractivity contribution is -0.121. The molecule has 28 heavy (non-hydrogen) atoms. The second kappa shape index (κ2) is 8.71. The average molecular weight is 379 g/mol. The van der Waals surface area contributed by atoms with E-state index in [1.807, 2.05) is 61.3 Å². The summed E-state index contributed by atoms with van der Waals surface area (Å²) in [5.41, 5.74) is 3.06. The van der Waals surface area contributed by atoms with Crippen LogP contribution in [0, 0.1) is 13.8 Å². The van der Waals surface area contributed by atoms with Crippen molar-refractivity contribution < 1.29 is 14.1 Å². The Morgan fingerprint density at radius 1 is 1.18 bits per heavy atom. The smallest absolute Gasteiger partial charge is 0.247 e. The summed E-state index contributed by atoms with van der Waals surface area (Å²) in [6.07, 6.45) is 0. The number of carbonyl (C=O) groups is 1.